The molecule has 43 heavy (non-hydrogen) atoms. The Bertz CT molecular complexity index is 1310. The number of ether oxygens (including phenoxy) is 2. The highest BCUT2D eigenvalue weighted by molar-refractivity contribution is 6.05. The van der Waals surface area contributed by atoms with Crippen molar-refractivity contribution in [3.05, 3.63) is 48.5 Å². The third kappa shape index (κ3) is 5.47. The van der Waals surface area contributed by atoms with E-state index >= 15 is 0 Å². The number of aliphatic hydroxyl groups excluding tert-OH is 1. The lowest BCUT2D eigenvalue weighted by Gasteiger charge is -2.38. The van der Waals surface area contributed by atoms with E-state index in [0.29, 0.717) is 36.6 Å². The standard InChI is InChI=1S/C33H44N4O6/c1-6-36(7-2)23-13-9-21(10-14-23)35-31(40)29-33-18-17-26(43-33)27(28(33)32(41)37(29)25(19-38)20(4)5)30(39)34-22-11-15-24(16-12-22)42-8-3/h9-16,20,25-29,38H,6-8,17-19H2,1-5H3,(H,34,39)(H,35,40)/t25-,26+,27-,28-,29?,33?/m0/s1. The number of hydrogen-bond donors (Lipinski definition) is 3. The molecule has 3 N–H and O–H groups in total. The molecule has 0 aromatic heterocycles. The van der Waals surface area contributed by atoms with Crippen molar-refractivity contribution in [1.29, 1.82) is 0 Å². The number of likely N-dealkylation sites (tertiary alicyclic amines) is 1. The summed E-state index contributed by atoms with van der Waals surface area (Å²) >= 11 is 0. The average molecular weight is 593 g/mol. The van der Waals surface area contributed by atoms with E-state index in [-0.39, 0.29) is 30.2 Å². The number of anilines is 3. The van der Waals surface area contributed by atoms with Crippen LogP contribution in [0.25, 0.3) is 0 Å². The van der Waals surface area contributed by atoms with Crippen LogP contribution in [0.15, 0.2) is 48.5 Å². The first-order chi connectivity index (χ1) is 20.7. The van der Waals surface area contributed by atoms with Crippen molar-refractivity contribution in [3.8, 4) is 5.75 Å². The number of benzene rings is 2. The molecule has 0 aliphatic carbocycles. The van der Waals surface area contributed by atoms with Gasteiger partial charge in [0.05, 0.1) is 37.2 Å². The Hall–Kier alpha value is -3.63. The van der Waals surface area contributed by atoms with E-state index in [2.05, 4.69) is 29.4 Å². The maximum Gasteiger partial charge on any atom is 0.250 e. The van der Waals surface area contributed by atoms with Crippen LogP contribution in [-0.2, 0) is 19.1 Å². The molecule has 10 nitrogen and oxygen atoms in total. The topological polar surface area (TPSA) is 120 Å². The summed E-state index contributed by atoms with van der Waals surface area (Å²) in [6.45, 7) is 11.9. The van der Waals surface area contributed by atoms with Gasteiger partial charge in [-0.05, 0) is 88.1 Å². The third-order valence-electron chi connectivity index (χ3n) is 9.30. The van der Waals surface area contributed by atoms with E-state index in [1.807, 2.05) is 45.0 Å². The SMILES string of the molecule is CCOc1ccc(NC(=O)[C@@H]2[C@H]3C(=O)N([C@@H](CO)C(C)C)C(C(=O)Nc4ccc(N(CC)CC)cc4)C34CC[C@H]2O4)cc1. The van der Waals surface area contributed by atoms with Crippen LogP contribution < -0.4 is 20.3 Å². The summed E-state index contributed by atoms with van der Waals surface area (Å²) in [4.78, 5) is 45.9. The largest absolute Gasteiger partial charge is 0.494 e. The fourth-order valence-corrected chi connectivity index (χ4v) is 7.25. The van der Waals surface area contributed by atoms with Gasteiger partial charge in [0.15, 0.2) is 0 Å². The summed E-state index contributed by atoms with van der Waals surface area (Å²) in [5, 5.41) is 16.4. The van der Waals surface area contributed by atoms with Gasteiger partial charge in [0.1, 0.15) is 17.4 Å². The number of nitrogens with zero attached hydrogens (tertiary/aromatic N) is 2. The first-order valence-corrected chi connectivity index (χ1v) is 15.5. The Morgan fingerprint density at radius 3 is 2.19 bits per heavy atom. The molecule has 2 aromatic rings. The van der Waals surface area contributed by atoms with E-state index in [1.165, 1.54) is 4.90 Å². The molecule has 10 heteroatoms. The second-order valence-corrected chi connectivity index (χ2v) is 12.0. The Kier molecular flexibility index (Phi) is 8.99. The fourth-order valence-electron chi connectivity index (χ4n) is 7.25. The normalized spacial score (nSPS) is 26.4. The molecular weight excluding hydrogens is 548 g/mol. The van der Waals surface area contributed by atoms with Crippen LogP contribution in [0.2, 0.25) is 0 Å². The quantitative estimate of drug-likeness (QED) is 0.342. The number of hydrogen-bond acceptors (Lipinski definition) is 7. The molecule has 0 saturated carbocycles. The Balaban J connectivity index is 1.43. The van der Waals surface area contributed by atoms with Crippen LogP contribution in [0.3, 0.4) is 0 Å². The Morgan fingerprint density at radius 1 is 1.02 bits per heavy atom. The number of amides is 3. The van der Waals surface area contributed by atoms with Gasteiger partial charge in [-0.15, -0.1) is 0 Å². The lowest BCUT2D eigenvalue weighted by Crippen LogP contribution is -2.57. The maximum absolute atomic E-state index is 14.3. The van der Waals surface area contributed by atoms with Crippen molar-refractivity contribution >= 4 is 34.8 Å². The lowest BCUT2D eigenvalue weighted by molar-refractivity contribution is -0.144. The van der Waals surface area contributed by atoms with Crippen LogP contribution in [-0.4, -0.2) is 77.8 Å². The number of nitrogens with one attached hydrogen (secondary N) is 2. The molecular formula is C33H44N4O6. The van der Waals surface area contributed by atoms with Gasteiger partial charge in [0.25, 0.3) is 0 Å². The first kappa shape index (κ1) is 30.8. The molecule has 3 saturated heterocycles. The highest BCUT2D eigenvalue weighted by Crippen LogP contribution is 2.59. The van der Waals surface area contributed by atoms with Crippen LogP contribution >= 0.6 is 0 Å². The smallest absolute Gasteiger partial charge is 0.250 e. The summed E-state index contributed by atoms with van der Waals surface area (Å²) in [5.74, 6) is -2.02. The molecule has 2 aromatic carbocycles. The van der Waals surface area contributed by atoms with E-state index in [0.717, 1.165) is 18.8 Å². The van der Waals surface area contributed by atoms with E-state index < -0.39 is 35.6 Å². The molecule has 232 valence electrons. The summed E-state index contributed by atoms with van der Waals surface area (Å²) in [6.07, 6.45) is 0.563. The van der Waals surface area contributed by atoms with Crippen LogP contribution in [0.5, 0.6) is 5.75 Å². The van der Waals surface area contributed by atoms with Gasteiger partial charge in [-0.1, -0.05) is 13.8 Å². The second-order valence-electron chi connectivity index (χ2n) is 12.0. The number of fused-ring (bicyclic) bond motifs is 1. The molecule has 2 unspecified atom stereocenters. The highest BCUT2D eigenvalue weighted by Gasteiger charge is 2.75. The van der Waals surface area contributed by atoms with E-state index in [1.54, 1.807) is 24.3 Å². The van der Waals surface area contributed by atoms with Gasteiger partial charge in [0.2, 0.25) is 17.7 Å². The highest BCUT2D eigenvalue weighted by atomic mass is 16.5. The predicted molar refractivity (Wildman–Crippen MR) is 165 cm³/mol. The van der Waals surface area contributed by atoms with E-state index in [9.17, 15) is 19.5 Å². The minimum absolute atomic E-state index is 0.124. The number of rotatable bonds is 12. The molecule has 0 radical (unpaired) electrons. The number of aliphatic hydroxyl groups is 1. The van der Waals surface area contributed by atoms with Crippen molar-refractivity contribution in [2.24, 2.45) is 17.8 Å². The lowest BCUT2D eigenvalue weighted by atomic mass is 9.70. The monoisotopic (exact) mass is 592 g/mol. The second kappa shape index (κ2) is 12.5. The fraction of sp³-hybridized carbons (Fsp3) is 0.545. The molecule has 2 bridgehead atoms. The third-order valence-corrected chi connectivity index (χ3v) is 9.30. The van der Waals surface area contributed by atoms with Gasteiger partial charge >= 0.3 is 0 Å². The Labute approximate surface area is 253 Å². The molecule has 1 spiro atoms. The molecule has 3 fully saturated rings. The van der Waals surface area contributed by atoms with Gasteiger partial charge in [-0.3, -0.25) is 14.4 Å². The van der Waals surface area contributed by atoms with Crippen LogP contribution in [0, 0.1) is 17.8 Å². The molecule has 6 atom stereocenters. The molecule has 3 aliphatic heterocycles. The maximum atomic E-state index is 14.3. The molecule has 3 aliphatic rings. The van der Waals surface area contributed by atoms with Crippen molar-refractivity contribution in [2.45, 2.75) is 71.2 Å². The molecule has 5 rings (SSSR count). The zero-order chi connectivity index (χ0) is 30.9. The number of carbonyl (C=O) groups excluding carboxylic acids is 3. The van der Waals surface area contributed by atoms with E-state index in [4.69, 9.17) is 9.47 Å². The zero-order valence-electron chi connectivity index (χ0n) is 25.7. The van der Waals surface area contributed by atoms with Crippen molar-refractivity contribution in [2.75, 3.05) is 41.8 Å². The molecule has 3 amide bonds. The minimum atomic E-state index is -1.16. The Morgan fingerprint density at radius 2 is 1.63 bits per heavy atom. The first-order valence-electron chi connectivity index (χ1n) is 15.5. The van der Waals surface area contributed by atoms with Gasteiger partial charge in [0, 0.05) is 30.2 Å². The van der Waals surface area contributed by atoms with Gasteiger partial charge < -0.3 is 35.0 Å². The number of carbonyl (C=O) groups is 3. The predicted octanol–water partition coefficient (Wildman–Crippen LogP) is 3.90. The van der Waals surface area contributed by atoms with Crippen molar-refractivity contribution in [3.63, 3.8) is 0 Å². The molecule has 3 heterocycles. The van der Waals surface area contributed by atoms with Crippen molar-refractivity contribution < 1.29 is 29.0 Å². The summed E-state index contributed by atoms with van der Waals surface area (Å²) in [7, 11) is 0. The average Bonchev–Trinajstić information content (AvgIpc) is 3.63. The van der Waals surface area contributed by atoms with Crippen LogP contribution in [0.1, 0.15) is 47.5 Å². The minimum Gasteiger partial charge on any atom is -0.494 e. The van der Waals surface area contributed by atoms with Crippen molar-refractivity contribution in [1.82, 2.24) is 4.90 Å². The summed E-state index contributed by atoms with van der Waals surface area (Å²) in [5.41, 5.74) is 1.09. The summed E-state index contributed by atoms with van der Waals surface area (Å²) < 4.78 is 12.0. The van der Waals surface area contributed by atoms with Gasteiger partial charge in [-0.25, -0.2) is 0 Å². The van der Waals surface area contributed by atoms with Crippen LogP contribution in [0.4, 0.5) is 17.1 Å². The summed E-state index contributed by atoms with van der Waals surface area (Å²) in [6, 6.07) is 13.1. The van der Waals surface area contributed by atoms with Gasteiger partial charge in [-0.2, -0.15) is 0 Å². The zero-order valence-corrected chi connectivity index (χ0v) is 25.7.